The summed E-state index contributed by atoms with van der Waals surface area (Å²) in [5.41, 5.74) is 0. The van der Waals surface area contributed by atoms with Crippen molar-refractivity contribution in [3.05, 3.63) is 0 Å². The van der Waals surface area contributed by atoms with Gasteiger partial charge in [-0.25, -0.2) is 0 Å². The van der Waals surface area contributed by atoms with Gasteiger partial charge in [-0.05, 0) is 6.92 Å². The maximum Gasteiger partial charge on any atom is 0.234 e. The largest absolute Gasteiger partial charge is 0.383 e. The Bertz CT molecular complexity index is 196. The Hall–Kier alpha value is -0.260. The highest BCUT2D eigenvalue weighted by Gasteiger charge is 2.14. The molecule has 1 aliphatic heterocycles. The summed E-state index contributed by atoms with van der Waals surface area (Å²) in [7, 11) is 1.64. The molecule has 1 heterocycles. The van der Waals surface area contributed by atoms with Crippen LogP contribution >= 0.6 is 11.8 Å². The van der Waals surface area contributed by atoms with Crippen molar-refractivity contribution in [2.45, 2.75) is 13.0 Å². The third-order valence-electron chi connectivity index (χ3n) is 2.29. The fourth-order valence-corrected chi connectivity index (χ4v) is 2.55. The predicted octanol–water partition coefficient (Wildman–Crippen LogP) is 0.186. The number of hydrogen-bond donors (Lipinski definition) is 1. The number of methoxy groups -OCH3 is 1. The minimum absolute atomic E-state index is 0.0988. The molecule has 1 N–H and O–H groups in total. The van der Waals surface area contributed by atoms with Gasteiger partial charge in [0, 0.05) is 37.7 Å². The predicted molar refractivity (Wildman–Crippen MR) is 63.2 cm³/mol. The van der Waals surface area contributed by atoms with E-state index in [0.29, 0.717) is 13.2 Å². The molecule has 0 bridgehead atoms. The van der Waals surface area contributed by atoms with Gasteiger partial charge in [0.2, 0.25) is 5.91 Å². The second kappa shape index (κ2) is 7.09. The fraction of sp³-hybridized carbons (Fsp3) is 0.900. The van der Waals surface area contributed by atoms with E-state index in [2.05, 4.69) is 10.2 Å². The van der Waals surface area contributed by atoms with Crippen molar-refractivity contribution in [1.29, 1.82) is 0 Å². The summed E-state index contributed by atoms with van der Waals surface area (Å²) in [5.74, 6) is 2.38. The van der Waals surface area contributed by atoms with Crippen molar-refractivity contribution in [3.63, 3.8) is 0 Å². The number of hydrogen-bond acceptors (Lipinski definition) is 4. The van der Waals surface area contributed by atoms with Gasteiger partial charge in [0.05, 0.1) is 13.2 Å². The van der Waals surface area contributed by atoms with Gasteiger partial charge in [0.25, 0.3) is 0 Å². The van der Waals surface area contributed by atoms with Gasteiger partial charge in [-0.2, -0.15) is 11.8 Å². The summed E-state index contributed by atoms with van der Waals surface area (Å²) in [6, 6.07) is 0.0988. The molecule has 0 aromatic carbocycles. The van der Waals surface area contributed by atoms with Gasteiger partial charge in [0.1, 0.15) is 0 Å². The molecule has 1 rings (SSSR count). The second-order valence-electron chi connectivity index (χ2n) is 3.81. The van der Waals surface area contributed by atoms with Crippen molar-refractivity contribution in [2.24, 2.45) is 0 Å². The zero-order valence-corrected chi connectivity index (χ0v) is 10.3. The molecule has 0 radical (unpaired) electrons. The Kier molecular flexibility index (Phi) is 6.05. The highest BCUT2D eigenvalue weighted by molar-refractivity contribution is 7.99. The second-order valence-corrected chi connectivity index (χ2v) is 5.04. The Balaban J connectivity index is 2.16. The molecule has 4 nitrogen and oxygen atoms in total. The third-order valence-corrected chi connectivity index (χ3v) is 3.24. The first kappa shape index (κ1) is 12.8. The van der Waals surface area contributed by atoms with Gasteiger partial charge in [-0.15, -0.1) is 0 Å². The molecular formula is C10H20N2O2S. The average molecular weight is 232 g/mol. The minimum atomic E-state index is 0.0988. The van der Waals surface area contributed by atoms with E-state index < -0.39 is 0 Å². The smallest absolute Gasteiger partial charge is 0.234 e. The van der Waals surface area contributed by atoms with E-state index in [4.69, 9.17) is 4.74 Å². The van der Waals surface area contributed by atoms with Crippen LogP contribution in [-0.2, 0) is 9.53 Å². The lowest BCUT2D eigenvalue weighted by molar-refractivity contribution is -0.123. The molecule has 1 saturated heterocycles. The summed E-state index contributed by atoms with van der Waals surface area (Å²) in [4.78, 5) is 13.8. The molecule has 88 valence electrons. The van der Waals surface area contributed by atoms with Crippen LogP contribution in [0.25, 0.3) is 0 Å². The number of amides is 1. The van der Waals surface area contributed by atoms with E-state index in [0.717, 1.165) is 24.6 Å². The van der Waals surface area contributed by atoms with Crippen molar-refractivity contribution >= 4 is 17.7 Å². The summed E-state index contributed by atoms with van der Waals surface area (Å²) in [6.07, 6.45) is 0. The van der Waals surface area contributed by atoms with Gasteiger partial charge in [-0.1, -0.05) is 0 Å². The third kappa shape index (κ3) is 5.39. The van der Waals surface area contributed by atoms with Gasteiger partial charge in [0.15, 0.2) is 0 Å². The Morgan fingerprint density at radius 2 is 2.20 bits per heavy atom. The van der Waals surface area contributed by atoms with E-state index in [1.165, 1.54) is 0 Å². The van der Waals surface area contributed by atoms with Crippen molar-refractivity contribution in [3.8, 4) is 0 Å². The lowest BCUT2D eigenvalue weighted by atomic mass is 10.3. The topological polar surface area (TPSA) is 41.6 Å². The molecular weight excluding hydrogens is 212 g/mol. The monoisotopic (exact) mass is 232 g/mol. The number of carbonyl (C=O) groups is 1. The Labute approximate surface area is 95.7 Å². The zero-order chi connectivity index (χ0) is 11.1. The average Bonchev–Trinajstić information content (AvgIpc) is 2.19. The highest BCUT2D eigenvalue weighted by Crippen LogP contribution is 2.08. The number of thioether (sulfide) groups is 1. The maximum absolute atomic E-state index is 11.6. The number of nitrogens with one attached hydrogen (secondary N) is 1. The van der Waals surface area contributed by atoms with E-state index in [-0.39, 0.29) is 11.9 Å². The normalized spacial score (nSPS) is 19.9. The standard InChI is InChI=1S/C10H20N2O2S/c1-9(8-14-2)11-10(13)7-12-3-5-15-6-4-12/h9H,3-8H2,1-2H3,(H,11,13). The van der Waals surface area contributed by atoms with Crippen LogP contribution in [0.4, 0.5) is 0 Å². The Morgan fingerprint density at radius 1 is 1.53 bits per heavy atom. The first-order valence-electron chi connectivity index (χ1n) is 5.30. The molecule has 0 aromatic rings. The van der Waals surface area contributed by atoms with Crippen LogP contribution < -0.4 is 5.32 Å². The molecule has 0 aromatic heterocycles. The molecule has 0 spiro atoms. The SMILES string of the molecule is COCC(C)NC(=O)CN1CCSCC1. The molecule has 5 heteroatoms. The first-order valence-corrected chi connectivity index (χ1v) is 6.46. The molecule has 1 aliphatic rings. The highest BCUT2D eigenvalue weighted by atomic mass is 32.2. The molecule has 0 saturated carbocycles. The van der Waals surface area contributed by atoms with Crippen molar-refractivity contribution < 1.29 is 9.53 Å². The summed E-state index contributed by atoms with van der Waals surface area (Å²) < 4.78 is 4.96. The number of nitrogens with zero attached hydrogens (tertiary/aromatic N) is 1. The summed E-state index contributed by atoms with van der Waals surface area (Å²) in [6.45, 7) is 5.09. The lowest BCUT2D eigenvalue weighted by Gasteiger charge is -2.26. The quantitative estimate of drug-likeness (QED) is 0.734. The first-order chi connectivity index (χ1) is 7.22. The molecule has 1 unspecified atom stereocenters. The van der Waals surface area contributed by atoms with E-state index >= 15 is 0 Å². The Morgan fingerprint density at radius 3 is 2.80 bits per heavy atom. The van der Waals surface area contributed by atoms with Crippen LogP contribution in [0.2, 0.25) is 0 Å². The van der Waals surface area contributed by atoms with Crippen LogP contribution in [0.5, 0.6) is 0 Å². The van der Waals surface area contributed by atoms with Crippen molar-refractivity contribution in [2.75, 3.05) is 44.9 Å². The van der Waals surface area contributed by atoms with Crippen LogP contribution in [0.1, 0.15) is 6.92 Å². The van der Waals surface area contributed by atoms with Gasteiger partial charge >= 0.3 is 0 Å². The number of carbonyl (C=O) groups excluding carboxylic acids is 1. The molecule has 1 atom stereocenters. The van der Waals surface area contributed by atoms with Gasteiger partial charge < -0.3 is 10.1 Å². The molecule has 1 fully saturated rings. The van der Waals surface area contributed by atoms with Gasteiger partial charge in [-0.3, -0.25) is 9.69 Å². The molecule has 1 amide bonds. The van der Waals surface area contributed by atoms with E-state index in [9.17, 15) is 4.79 Å². The number of rotatable bonds is 5. The minimum Gasteiger partial charge on any atom is -0.383 e. The van der Waals surface area contributed by atoms with E-state index in [1.807, 2.05) is 18.7 Å². The molecule has 0 aliphatic carbocycles. The summed E-state index contributed by atoms with van der Waals surface area (Å²) >= 11 is 1.95. The number of ether oxygens (including phenoxy) is 1. The van der Waals surface area contributed by atoms with Crippen LogP contribution in [0.15, 0.2) is 0 Å². The fourth-order valence-electron chi connectivity index (χ4n) is 1.57. The summed E-state index contributed by atoms with van der Waals surface area (Å²) in [5, 5.41) is 2.92. The van der Waals surface area contributed by atoms with Crippen LogP contribution in [-0.4, -0.2) is 61.7 Å². The lowest BCUT2D eigenvalue weighted by Crippen LogP contribution is -2.44. The maximum atomic E-state index is 11.6. The molecule has 15 heavy (non-hydrogen) atoms. The van der Waals surface area contributed by atoms with Crippen LogP contribution in [0.3, 0.4) is 0 Å². The van der Waals surface area contributed by atoms with Crippen molar-refractivity contribution in [1.82, 2.24) is 10.2 Å². The van der Waals surface area contributed by atoms with E-state index in [1.54, 1.807) is 7.11 Å². The van der Waals surface area contributed by atoms with Crippen LogP contribution in [0, 0.1) is 0 Å². The zero-order valence-electron chi connectivity index (χ0n) is 9.49.